The van der Waals surface area contributed by atoms with E-state index in [4.69, 9.17) is 11.1 Å². The molecule has 3 N–H and O–H groups in total. The van der Waals surface area contributed by atoms with Gasteiger partial charge in [0, 0.05) is 24.3 Å². The molecule has 0 amide bonds. The lowest BCUT2D eigenvalue weighted by Crippen LogP contribution is -2.29. The zero-order chi connectivity index (χ0) is 12.4. The van der Waals surface area contributed by atoms with Gasteiger partial charge >= 0.3 is 0 Å². The van der Waals surface area contributed by atoms with Crippen molar-refractivity contribution in [1.29, 1.82) is 5.41 Å². The molecule has 1 aromatic rings. The predicted molar refractivity (Wildman–Crippen MR) is 72.9 cm³/mol. The smallest absolute Gasteiger partial charge is 0.122 e. The van der Waals surface area contributed by atoms with E-state index >= 15 is 0 Å². The second-order valence-corrected chi connectivity index (χ2v) is 4.96. The van der Waals surface area contributed by atoms with E-state index in [-0.39, 0.29) is 5.84 Å². The van der Waals surface area contributed by atoms with Gasteiger partial charge in [0.05, 0.1) is 0 Å². The number of rotatable bonds is 3. The van der Waals surface area contributed by atoms with Crippen LogP contribution in [0.1, 0.15) is 36.8 Å². The summed E-state index contributed by atoms with van der Waals surface area (Å²) in [7, 11) is 2.17. The van der Waals surface area contributed by atoms with Crippen molar-refractivity contribution in [3.05, 3.63) is 29.3 Å². The third-order valence-electron chi connectivity index (χ3n) is 3.76. The van der Waals surface area contributed by atoms with Gasteiger partial charge in [0.1, 0.15) is 5.84 Å². The van der Waals surface area contributed by atoms with Crippen LogP contribution in [0, 0.1) is 12.3 Å². The molecule has 0 unspecified atom stereocenters. The van der Waals surface area contributed by atoms with Crippen molar-refractivity contribution in [3.8, 4) is 0 Å². The minimum Gasteiger partial charge on any atom is -0.384 e. The Morgan fingerprint density at radius 3 is 2.53 bits per heavy atom. The number of anilines is 1. The Kier molecular flexibility index (Phi) is 3.36. The van der Waals surface area contributed by atoms with Crippen molar-refractivity contribution >= 4 is 11.5 Å². The van der Waals surface area contributed by atoms with Crippen LogP contribution in [0.25, 0.3) is 0 Å². The molecule has 0 bridgehead atoms. The van der Waals surface area contributed by atoms with Crippen LogP contribution < -0.4 is 10.6 Å². The van der Waals surface area contributed by atoms with Crippen LogP contribution in [-0.2, 0) is 0 Å². The van der Waals surface area contributed by atoms with Crippen LogP contribution in [-0.4, -0.2) is 18.9 Å². The van der Waals surface area contributed by atoms with Crippen LogP contribution in [0.2, 0.25) is 0 Å². The summed E-state index contributed by atoms with van der Waals surface area (Å²) >= 11 is 0. The van der Waals surface area contributed by atoms with E-state index in [2.05, 4.69) is 24.9 Å². The largest absolute Gasteiger partial charge is 0.384 e. The van der Waals surface area contributed by atoms with Crippen molar-refractivity contribution in [1.82, 2.24) is 0 Å². The number of hydrogen-bond acceptors (Lipinski definition) is 2. The van der Waals surface area contributed by atoms with Crippen LogP contribution in [0.4, 0.5) is 5.69 Å². The molecule has 0 heterocycles. The molecular weight excluding hydrogens is 210 g/mol. The lowest BCUT2D eigenvalue weighted by atomic mass is 10.1. The first-order valence-electron chi connectivity index (χ1n) is 6.27. The van der Waals surface area contributed by atoms with E-state index in [9.17, 15) is 0 Å². The molecule has 0 spiro atoms. The number of hydrogen-bond donors (Lipinski definition) is 2. The van der Waals surface area contributed by atoms with Gasteiger partial charge in [-0.2, -0.15) is 0 Å². The van der Waals surface area contributed by atoms with Crippen molar-refractivity contribution in [2.45, 2.75) is 38.6 Å². The van der Waals surface area contributed by atoms with Gasteiger partial charge < -0.3 is 10.6 Å². The zero-order valence-electron chi connectivity index (χ0n) is 10.7. The molecule has 0 aromatic heterocycles. The van der Waals surface area contributed by atoms with E-state index in [0.717, 1.165) is 5.56 Å². The Morgan fingerprint density at radius 1 is 1.35 bits per heavy atom. The number of nitrogens with one attached hydrogen (secondary N) is 1. The molecule has 0 aliphatic heterocycles. The molecule has 1 aliphatic carbocycles. The van der Waals surface area contributed by atoms with Crippen molar-refractivity contribution < 1.29 is 0 Å². The monoisotopic (exact) mass is 231 g/mol. The Balaban J connectivity index is 2.23. The lowest BCUT2D eigenvalue weighted by Gasteiger charge is -2.28. The van der Waals surface area contributed by atoms with Gasteiger partial charge in [-0.15, -0.1) is 0 Å². The highest BCUT2D eigenvalue weighted by Crippen LogP contribution is 2.29. The van der Waals surface area contributed by atoms with Gasteiger partial charge in [-0.1, -0.05) is 12.8 Å². The maximum atomic E-state index is 7.44. The highest BCUT2D eigenvalue weighted by atomic mass is 15.1. The fourth-order valence-electron chi connectivity index (χ4n) is 2.71. The number of nitrogens with zero attached hydrogens (tertiary/aromatic N) is 1. The lowest BCUT2D eigenvalue weighted by molar-refractivity contribution is 0.652. The van der Waals surface area contributed by atoms with Crippen LogP contribution in [0.3, 0.4) is 0 Å². The minimum absolute atomic E-state index is 0.142. The summed E-state index contributed by atoms with van der Waals surface area (Å²) in [6.07, 6.45) is 5.29. The number of nitrogen functional groups attached to an aromatic ring is 1. The van der Waals surface area contributed by atoms with E-state index in [1.807, 2.05) is 12.1 Å². The topological polar surface area (TPSA) is 53.1 Å². The highest BCUT2D eigenvalue weighted by Gasteiger charge is 2.20. The average molecular weight is 231 g/mol. The summed E-state index contributed by atoms with van der Waals surface area (Å²) in [5.41, 5.74) is 8.78. The van der Waals surface area contributed by atoms with Crippen molar-refractivity contribution in [2.75, 3.05) is 11.9 Å². The van der Waals surface area contributed by atoms with E-state index in [1.54, 1.807) is 0 Å². The summed E-state index contributed by atoms with van der Waals surface area (Å²) in [5.74, 6) is 0.142. The Bertz CT molecular complexity index is 419. The SMILES string of the molecule is Cc1cc(C(=N)N)ccc1N(C)C1CCCC1. The van der Waals surface area contributed by atoms with E-state index in [0.29, 0.717) is 6.04 Å². The summed E-state index contributed by atoms with van der Waals surface area (Å²) in [6, 6.07) is 6.71. The summed E-state index contributed by atoms with van der Waals surface area (Å²) < 4.78 is 0. The number of benzene rings is 1. The van der Waals surface area contributed by atoms with Gasteiger partial charge in [-0.25, -0.2) is 0 Å². The maximum Gasteiger partial charge on any atom is 0.122 e. The summed E-state index contributed by atoms with van der Waals surface area (Å²) in [5, 5.41) is 7.44. The number of nitrogens with two attached hydrogens (primary N) is 1. The zero-order valence-corrected chi connectivity index (χ0v) is 10.7. The maximum absolute atomic E-state index is 7.44. The van der Waals surface area contributed by atoms with Crippen LogP contribution in [0.5, 0.6) is 0 Å². The van der Waals surface area contributed by atoms with Gasteiger partial charge in [-0.05, 0) is 43.5 Å². The second-order valence-electron chi connectivity index (χ2n) is 4.96. The van der Waals surface area contributed by atoms with E-state index in [1.165, 1.54) is 36.9 Å². The van der Waals surface area contributed by atoms with Crippen LogP contribution >= 0.6 is 0 Å². The van der Waals surface area contributed by atoms with Crippen molar-refractivity contribution in [3.63, 3.8) is 0 Å². The second kappa shape index (κ2) is 4.78. The molecule has 1 fully saturated rings. The molecular formula is C14H21N3. The fraction of sp³-hybridized carbons (Fsp3) is 0.500. The quantitative estimate of drug-likeness (QED) is 0.620. The van der Waals surface area contributed by atoms with Gasteiger partial charge in [0.25, 0.3) is 0 Å². The fourth-order valence-corrected chi connectivity index (χ4v) is 2.71. The first kappa shape index (κ1) is 12.0. The van der Waals surface area contributed by atoms with Crippen molar-refractivity contribution in [2.24, 2.45) is 5.73 Å². The molecule has 92 valence electrons. The third-order valence-corrected chi connectivity index (χ3v) is 3.76. The predicted octanol–water partition coefficient (Wildman–Crippen LogP) is 2.66. The van der Waals surface area contributed by atoms with Gasteiger partial charge in [-0.3, -0.25) is 5.41 Å². The Labute approximate surface area is 103 Å². The van der Waals surface area contributed by atoms with Crippen LogP contribution in [0.15, 0.2) is 18.2 Å². The Morgan fingerprint density at radius 2 is 2.00 bits per heavy atom. The molecule has 17 heavy (non-hydrogen) atoms. The average Bonchev–Trinajstić information content (AvgIpc) is 2.81. The first-order valence-corrected chi connectivity index (χ1v) is 6.27. The Hall–Kier alpha value is -1.51. The number of amidine groups is 1. The summed E-state index contributed by atoms with van der Waals surface area (Å²) in [6.45, 7) is 2.09. The molecule has 0 radical (unpaired) electrons. The normalized spacial score (nSPS) is 16.1. The number of aryl methyl sites for hydroxylation is 1. The highest BCUT2D eigenvalue weighted by molar-refractivity contribution is 5.95. The minimum atomic E-state index is 0.142. The van der Waals surface area contributed by atoms with E-state index < -0.39 is 0 Å². The van der Waals surface area contributed by atoms with Gasteiger partial charge in [0.2, 0.25) is 0 Å². The molecule has 0 atom stereocenters. The molecule has 0 saturated heterocycles. The molecule has 1 saturated carbocycles. The molecule has 2 rings (SSSR count). The molecule has 1 aromatic carbocycles. The molecule has 1 aliphatic rings. The molecule has 3 heteroatoms. The summed E-state index contributed by atoms with van der Waals surface area (Å²) in [4.78, 5) is 2.38. The molecule has 3 nitrogen and oxygen atoms in total. The first-order chi connectivity index (χ1) is 8.09. The van der Waals surface area contributed by atoms with Gasteiger partial charge in [0.15, 0.2) is 0 Å². The third kappa shape index (κ3) is 2.43. The standard InChI is InChI=1S/C14H21N3/c1-10-9-11(14(15)16)7-8-13(10)17(2)12-5-3-4-6-12/h7-9,12H,3-6H2,1-2H3,(H3,15,16).